The largest absolute Gasteiger partial charge is 0.496 e. The lowest BCUT2D eigenvalue weighted by atomic mass is 9.97. The molecule has 1 aromatic rings. The highest BCUT2D eigenvalue weighted by molar-refractivity contribution is 6.49. The number of methoxy groups -OCH3 is 1. The first-order valence-electron chi connectivity index (χ1n) is 8.76. The first kappa shape index (κ1) is 16.8. The summed E-state index contributed by atoms with van der Waals surface area (Å²) in [5, 5.41) is 3.90. The zero-order valence-corrected chi connectivity index (χ0v) is 15.1. The third kappa shape index (κ3) is 2.78. The van der Waals surface area contributed by atoms with Crippen LogP contribution in [0.25, 0.3) is 5.70 Å². The summed E-state index contributed by atoms with van der Waals surface area (Å²) in [7, 11) is 1.65. The van der Waals surface area contributed by atoms with Gasteiger partial charge < -0.3 is 14.4 Å². The minimum absolute atomic E-state index is 0.0824. The van der Waals surface area contributed by atoms with Gasteiger partial charge in [-0.05, 0) is 30.0 Å². The molecule has 135 valence electrons. The summed E-state index contributed by atoms with van der Waals surface area (Å²) in [6.07, 6.45) is 2.60. The standard InChI is InChI=1S/C19H21N4O3/c1-11(2)12-4-5-16(25-3)14(8-12)15-9-20-17-18(22-19(24)21-17)23(15)13-6-7-26-10-13/h4-5,8-9,11,13H,6-7,10H2,1-3H3/t13-/m0/s1. The van der Waals surface area contributed by atoms with Crippen LogP contribution in [0.4, 0.5) is 4.79 Å². The first-order valence-corrected chi connectivity index (χ1v) is 8.76. The smallest absolute Gasteiger partial charge is 0.371 e. The average Bonchev–Trinajstić information content (AvgIpc) is 3.28. The molecular weight excluding hydrogens is 332 g/mol. The predicted octanol–water partition coefficient (Wildman–Crippen LogP) is 2.76. The Morgan fingerprint density at radius 2 is 2.19 bits per heavy atom. The minimum Gasteiger partial charge on any atom is -0.496 e. The number of aliphatic imine (C=N–C) groups is 2. The van der Waals surface area contributed by atoms with Gasteiger partial charge >= 0.3 is 6.03 Å². The highest BCUT2D eigenvalue weighted by Crippen LogP contribution is 2.36. The van der Waals surface area contributed by atoms with E-state index in [-0.39, 0.29) is 6.04 Å². The number of nitrogens with zero attached hydrogens (tertiary/aromatic N) is 4. The van der Waals surface area contributed by atoms with Gasteiger partial charge in [-0.25, -0.2) is 9.79 Å². The third-order valence-corrected chi connectivity index (χ3v) is 4.84. The number of fused-ring (bicyclic) bond motifs is 1. The molecule has 2 amide bonds. The second-order valence-electron chi connectivity index (χ2n) is 6.80. The molecule has 0 spiro atoms. The lowest BCUT2D eigenvalue weighted by Gasteiger charge is -2.34. The SMILES string of the molecule is COc1ccc(C(C)C)cc1C1=CN=C2[N]C(=O)N=C2N1[C@H]1CCOC1. The number of urea groups is 1. The van der Waals surface area contributed by atoms with Crippen LogP contribution in [0.15, 0.2) is 34.4 Å². The van der Waals surface area contributed by atoms with Crippen LogP contribution in [-0.4, -0.2) is 49.0 Å². The Hall–Kier alpha value is -2.67. The van der Waals surface area contributed by atoms with Crippen LogP contribution >= 0.6 is 0 Å². The van der Waals surface area contributed by atoms with Gasteiger partial charge in [-0.3, -0.25) is 0 Å². The number of amidine groups is 2. The van der Waals surface area contributed by atoms with Gasteiger partial charge in [-0.15, -0.1) is 0 Å². The van der Waals surface area contributed by atoms with Crippen molar-refractivity contribution in [2.24, 2.45) is 9.98 Å². The van der Waals surface area contributed by atoms with E-state index in [4.69, 9.17) is 9.47 Å². The molecule has 0 aliphatic carbocycles. The predicted molar refractivity (Wildman–Crippen MR) is 98.5 cm³/mol. The highest BCUT2D eigenvalue weighted by Gasteiger charge is 2.39. The number of carbonyl (C=O) groups is 1. The number of ether oxygens (including phenoxy) is 2. The maximum Gasteiger partial charge on any atom is 0.371 e. The van der Waals surface area contributed by atoms with Crippen LogP contribution in [0.1, 0.15) is 37.3 Å². The number of rotatable bonds is 4. The van der Waals surface area contributed by atoms with E-state index >= 15 is 0 Å². The summed E-state index contributed by atoms with van der Waals surface area (Å²) in [5.74, 6) is 2.00. The van der Waals surface area contributed by atoms with E-state index in [1.54, 1.807) is 13.3 Å². The molecule has 1 fully saturated rings. The monoisotopic (exact) mass is 353 g/mol. The summed E-state index contributed by atoms with van der Waals surface area (Å²) in [6, 6.07) is 5.73. The van der Waals surface area contributed by atoms with Crippen molar-refractivity contribution in [1.29, 1.82) is 0 Å². The second kappa shape index (κ2) is 6.57. The highest BCUT2D eigenvalue weighted by atomic mass is 16.5. The summed E-state index contributed by atoms with van der Waals surface area (Å²) < 4.78 is 11.2. The van der Waals surface area contributed by atoms with Crippen LogP contribution < -0.4 is 10.1 Å². The maximum atomic E-state index is 11.7. The van der Waals surface area contributed by atoms with Crippen molar-refractivity contribution in [3.05, 3.63) is 35.5 Å². The molecule has 7 nitrogen and oxygen atoms in total. The number of hydrogen-bond donors (Lipinski definition) is 0. The molecule has 4 rings (SSSR count). The average molecular weight is 353 g/mol. The molecule has 26 heavy (non-hydrogen) atoms. The van der Waals surface area contributed by atoms with Crippen molar-refractivity contribution >= 4 is 23.4 Å². The summed E-state index contributed by atoms with van der Waals surface area (Å²) >= 11 is 0. The van der Waals surface area contributed by atoms with E-state index in [0.29, 0.717) is 30.8 Å². The zero-order valence-electron chi connectivity index (χ0n) is 15.1. The van der Waals surface area contributed by atoms with Crippen molar-refractivity contribution in [3.8, 4) is 5.75 Å². The van der Waals surface area contributed by atoms with Gasteiger partial charge in [-0.2, -0.15) is 10.3 Å². The molecule has 1 aromatic carbocycles. The molecule has 0 bridgehead atoms. The van der Waals surface area contributed by atoms with Gasteiger partial charge in [0.1, 0.15) is 5.75 Å². The van der Waals surface area contributed by atoms with Crippen LogP contribution in [0.5, 0.6) is 5.75 Å². The van der Waals surface area contributed by atoms with Crippen LogP contribution in [0.2, 0.25) is 0 Å². The van der Waals surface area contributed by atoms with E-state index in [1.165, 1.54) is 5.56 Å². The number of amides is 2. The second-order valence-corrected chi connectivity index (χ2v) is 6.80. The van der Waals surface area contributed by atoms with Gasteiger partial charge in [-0.1, -0.05) is 19.9 Å². The Kier molecular flexibility index (Phi) is 4.24. The van der Waals surface area contributed by atoms with Crippen molar-refractivity contribution in [3.63, 3.8) is 0 Å². The van der Waals surface area contributed by atoms with E-state index in [1.807, 2.05) is 11.0 Å². The zero-order chi connectivity index (χ0) is 18.3. The fourth-order valence-electron chi connectivity index (χ4n) is 3.43. The molecule has 3 aliphatic heterocycles. The van der Waals surface area contributed by atoms with Gasteiger partial charge in [0, 0.05) is 12.2 Å². The van der Waals surface area contributed by atoms with Crippen LogP contribution in [0, 0.1) is 0 Å². The number of hydrogen-bond acceptors (Lipinski definition) is 5. The fraction of sp³-hybridized carbons (Fsp3) is 0.421. The first-order chi connectivity index (χ1) is 12.6. The van der Waals surface area contributed by atoms with E-state index in [2.05, 4.69) is 41.3 Å². The molecule has 3 heterocycles. The van der Waals surface area contributed by atoms with E-state index < -0.39 is 6.03 Å². The molecule has 1 radical (unpaired) electrons. The Bertz CT molecular complexity index is 835. The molecule has 0 unspecified atom stereocenters. The van der Waals surface area contributed by atoms with Gasteiger partial charge in [0.2, 0.25) is 5.84 Å². The Balaban J connectivity index is 1.85. The molecule has 1 saturated heterocycles. The Morgan fingerprint density at radius 1 is 1.35 bits per heavy atom. The van der Waals surface area contributed by atoms with Crippen LogP contribution in [-0.2, 0) is 4.74 Å². The Morgan fingerprint density at radius 3 is 2.88 bits per heavy atom. The van der Waals surface area contributed by atoms with Crippen molar-refractivity contribution in [2.75, 3.05) is 20.3 Å². The number of benzene rings is 1. The Labute approximate surface area is 152 Å². The van der Waals surface area contributed by atoms with Gasteiger partial charge in [0.25, 0.3) is 0 Å². The maximum absolute atomic E-state index is 11.7. The molecule has 3 aliphatic rings. The quantitative estimate of drug-likeness (QED) is 0.834. The van der Waals surface area contributed by atoms with Crippen LogP contribution in [0.3, 0.4) is 0 Å². The van der Waals surface area contributed by atoms with Crippen molar-refractivity contribution in [1.82, 2.24) is 10.2 Å². The summed E-state index contributed by atoms with van der Waals surface area (Å²) in [4.78, 5) is 22.2. The third-order valence-electron chi connectivity index (χ3n) is 4.84. The molecule has 0 aromatic heterocycles. The van der Waals surface area contributed by atoms with Crippen molar-refractivity contribution in [2.45, 2.75) is 32.2 Å². The summed E-state index contributed by atoms with van der Waals surface area (Å²) in [5.41, 5.74) is 2.98. The van der Waals surface area contributed by atoms with E-state index in [9.17, 15) is 4.79 Å². The topological polar surface area (TPSA) is 77.6 Å². The van der Waals surface area contributed by atoms with Crippen molar-refractivity contribution < 1.29 is 14.3 Å². The molecule has 7 heteroatoms. The van der Waals surface area contributed by atoms with Gasteiger partial charge in [0.05, 0.1) is 31.7 Å². The lowest BCUT2D eigenvalue weighted by Crippen LogP contribution is -2.44. The molecular formula is C19H21N4O3. The normalized spacial score (nSPS) is 22.0. The molecule has 1 atom stereocenters. The molecule has 0 saturated carbocycles. The van der Waals surface area contributed by atoms with E-state index in [0.717, 1.165) is 23.4 Å². The summed E-state index contributed by atoms with van der Waals surface area (Å²) in [6.45, 7) is 5.56. The van der Waals surface area contributed by atoms with Gasteiger partial charge in [0.15, 0.2) is 5.84 Å². The molecule has 0 N–H and O–H groups in total. The fourth-order valence-corrected chi connectivity index (χ4v) is 3.43. The lowest BCUT2D eigenvalue weighted by molar-refractivity contribution is 0.183. The minimum atomic E-state index is -0.514. The number of carbonyl (C=O) groups excluding carboxylic acids is 1.